The Bertz CT molecular complexity index is 549. The molecule has 0 aliphatic carbocycles. The van der Waals surface area contributed by atoms with Crippen molar-refractivity contribution >= 4 is 11.6 Å². The molecule has 0 heterocycles. The smallest absolute Gasteiger partial charge is 0.231 e. The van der Waals surface area contributed by atoms with Gasteiger partial charge in [-0.25, -0.2) is 0 Å². The topological polar surface area (TPSA) is 38.3 Å². The summed E-state index contributed by atoms with van der Waals surface area (Å²) in [5.41, 5.74) is 1.79. The highest BCUT2D eigenvalue weighted by Gasteiger charge is 2.14. The van der Waals surface area contributed by atoms with Gasteiger partial charge in [-0.05, 0) is 43.7 Å². The third-order valence-corrected chi connectivity index (χ3v) is 3.13. The number of ether oxygens (including phenoxy) is 1. The summed E-state index contributed by atoms with van der Waals surface area (Å²) >= 11 is 0. The molecule has 0 radical (unpaired) electrons. The van der Waals surface area contributed by atoms with E-state index in [1.165, 1.54) is 0 Å². The quantitative estimate of drug-likeness (QED) is 0.896. The first kappa shape index (κ1) is 14.1. The van der Waals surface area contributed by atoms with E-state index in [1.807, 2.05) is 68.4 Å². The summed E-state index contributed by atoms with van der Waals surface area (Å²) in [7, 11) is 0. The van der Waals surface area contributed by atoms with Crippen molar-refractivity contribution in [3.63, 3.8) is 0 Å². The molecule has 0 unspecified atom stereocenters. The van der Waals surface area contributed by atoms with Crippen LogP contribution in [0, 0.1) is 0 Å². The standard InChI is InChI=1S/C17H19NO2/c1-3-20-16-11-9-15(10-12-16)18-17(19)13(2)14-7-5-4-6-8-14/h4-13H,3H2,1-2H3,(H,18,19)/t13-/m0/s1. The van der Waals surface area contributed by atoms with Crippen LogP contribution in [0.5, 0.6) is 5.75 Å². The van der Waals surface area contributed by atoms with Crippen molar-refractivity contribution in [2.45, 2.75) is 19.8 Å². The van der Waals surface area contributed by atoms with E-state index in [1.54, 1.807) is 0 Å². The lowest BCUT2D eigenvalue weighted by molar-refractivity contribution is -0.117. The second-order valence-electron chi connectivity index (χ2n) is 4.58. The molecule has 3 heteroatoms. The molecular formula is C17H19NO2. The minimum Gasteiger partial charge on any atom is -0.494 e. The van der Waals surface area contributed by atoms with Crippen LogP contribution in [0.2, 0.25) is 0 Å². The third kappa shape index (κ3) is 3.60. The van der Waals surface area contributed by atoms with Crippen molar-refractivity contribution in [3.05, 3.63) is 60.2 Å². The van der Waals surface area contributed by atoms with Crippen molar-refractivity contribution in [1.29, 1.82) is 0 Å². The van der Waals surface area contributed by atoms with Gasteiger partial charge in [0.25, 0.3) is 0 Å². The van der Waals surface area contributed by atoms with Crippen molar-refractivity contribution < 1.29 is 9.53 Å². The van der Waals surface area contributed by atoms with Gasteiger partial charge in [0.15, 0.2) is 0 Å². The number of hydrogen-bond donors (Lipinski definition) is 1. The van der Waals surface area contributed by atoms with Crippen LogP contribution in [-0.2, 0) is 4.79 Å². The molecule has 3 nitrogen and oxygen atoms in total. The Balaban J connectivity index is 2.00. The number of nitrogens with one attached hydrogen (secondary N) is 1. The van der Waals surface area contributed by atoms with E-state index < -0.39 is 0 Å². The Morgan fingerprint density at radius 2 is 1.75 bits per heavy atom. The number of carbonyl (C=O) groups excluding carboxylic acids is 1. The van der Waals surface area contributed by atoms with Gasteiger partial charge in [-0.15, -0.1) is 0 Å². The van der Waals surface area contributed by atoms with Crippen molar-refractivity contribution in [1.82, 2.24) is 0 Å². The fraction of sp³-hybridized carbons (Fsp3) is 0.235. The van der Waals surface area contributed by atoms with Crippen LogP contribution in [0.3, 0.4) is 0 Å². The van der Waals surface area contributed by atoms with Crippen molar-refractivity contribution in [2.75, 3.05) is 11.9 Å². The molecule has 104 valence electrons. The molecule has 0 aliphatic heterocycles. The summed E-state index contributed by atoms with van der Waals surface area (Å²) in [5.74, 6) is 0.615. The van der Waals surface area contributed by atoms with Crippen molar-refractivity contribution in [2.24, 2.45) is 0 Å². The van der Waals surface area contributed by atoms with Gasteiger partial charge in [0.1, 0.15) is 5.75 Å². The highest BCUT2D eigenvalue weighted by Crippen LogP contribution is 2.19. The van der Waals surface area contributed by atoms with Crippen LogP contribution in [0.15, 0.2) is 54.6 Å². The highest BCUT2D eigenvalue weighted by molar-refractivity contribution is 5.95. The van der Waals surface area contributed by atoms with Crippen LogP contribution >= 0.6 is 0 Å². The van der Waals surface area contributed by atoms with Gasteiger partial charge < -0.3 is 10.1 Å². The lowest BCUT2D eigenvalue weighted by Crippen LogP contribution is -2.18. The molecule has 0 bridgehead atoms. The second kappa shape index (κ2) is 6.75. The third-order valence-electron chi connectivity index (χ3n) is 3.13. The molecule has 2 rings (SSSR count). The van der Waals surface area contributed by atoms with E-state index in [9.17, 15) is 4.79 Å². The van der Waals surface area contributed by atoms with E-state index >= 15 is 0 Å². The van der Waals surface area contributed by atoms with E-state index in [0.29, 0.717) is 6.61 Å². The average Bonchev–Trinajstić information content (AvgIpc) is 2.49. The average molecular weight is 269 g/mol. The van der Waals surface area contributed by atoms with Crippen LogP contribution in [0.25, 0.3) is 0 Å². The summed E-state index contributed by atoms with van der Waals surface area (Å²) < 4.78 is 5.37. The zero-order chi connectivity index (χ0) is 14.4. The molecule has 20 heavy (non-hydrogen) atoms. The number of benzene rings is 2. The molecule has 0 saturated heterocycles. The van der Waals surface area contributed by atoms with Crippen LogP contribution in [-0.4, -0.2) is 12.5 Å². The van der Waals surface area contributed by atoms with E-state index in [-0.39, 0.29) is 11.8 Å². The Morgan fingerprint density at radius 1 is 1.10 bits per heavy atom. The molecule has 1 N–H and O–H groups in total. The first-order valence-electron chi connectivity index (χ1n) is 6.79. The predicted octanol–water partition coefficient (Wildman–Crippen LogP) is 3.83. The number of amides is 1. The Morgan fingerprint density at radius 3 is 2.35 bits per heavy atom. The second-order valence-corrected chi connectivity index (χ2v) is 4.58. The highest BCUT2D eigenvalue weighted by atomic mass is 16.5. The predicted molar refractivity (Wildman–Crippen MR) is 81.1 cm³/mol. The molecule has 1 amide bonds. The van der Waals surface area contributed by atoms with Gasteiger partial charge in [0.2, 0.25) is 5.91 Å². The van der Waals surface area contributed by atoms with Gasteiger partial charge in [-0.3, -0.25) is 4.79 Å². The number of hydrogen-bond acceptors (Lipinski definition) is 2. The normalized spacial score (nSPS) is 11.7. The van der Waals surface area contributed by atoms with Crippen LogP contribution in [0.1, 0.15) is 25.3 Å². The number of rotatable bonds is 5. The summed E-state index contributed by atoms with van der Waals surface area (Å²) in [6, 6.07) is 17.2. The fourth-order valence-electron chi connectivity index (χ4n) is 1.94. The Hall–Kier alpha value is -2.29. The molecule has 2 aromatic carbocycles. The molecule has 0 aliphatic rings. The largest absolute Gasteiger partial charge is 0.494 e. The molecule has 0 spiro atoms. The summed E-state index contributed by atoms with van der Waals surface area (Å²) in [6.45, 7) is 4.48. The molecule has 0 aromatic heterocycles. The minimum atomic E-state index is -0.178. The van der Waals surface area contributed by atoms with Gasteiger partial charge >= 0.3 is 0 Å². The summed E-state index contributed by atoms with van der Waals surface area (Å²) in [6.07, 6.45) is 0. The molecular weight excluding hydrogens is 250 g/mol. The maximum Gasteiger partial charge on any atom is 0.231 e. The number of anilines is 1. The molecule has 2 aromatic rings. The molecule has 1 atom stereocenters. The minimum absolute atomic E-state index is 0.0136. The lowest BCUT2D eigenvalue weighted by atomic mass is 10.0. The first-order valence-corrected chi connectivity index (χ1v) is 6.79. The van der Waals surface area contributed by atoms with Gasteiger partial charge in [-0.1, -0.05) is 30.3 Å². The van der Waals surface area contributed by atoms with E-state index in [4.69, 9.17) is 4.74 Å². The lowest BCUT2D eigenvalue weighted by Gasteiger charge is -2.13. The van der Waals surface area contributed by atoms with E-state index in [2.05, 4.69) is 5.32 Å². The zero-order valence-electron chi connectivity index (χ0n) is 11.8. The summed E-state index contributed by atoms with van der Waals surface area (Å²) in [5, 5.41) is 2.91. The fourth-order valence-corrected chi connectivity index (χ4v) is 1.94. The SMILES string of the molecule is CCOc1ccc(NC(=O)[C@@H](C)c2ccccc2)cc1. The summed E-state index contributed by atoms with van der Waals surface area (Å²) in [4.78, 5) is 12.2. The van der Waals surface area contributed by atoms with E-state index in [0.717, 1.165) is 17.0 Å². The molecule has 0 saturated carbocycles. The monoisotopic (exact) mass is 269 g/mol. The van der Waals surface area contributed by atoms with Gasteiger partial charge in [0, 0.05) is 5.69 Å². The maximum absolute atomic E-state index is 12.2. The maximum atomic E-state index is 12.2. The van der Waals surface area contributed by atoms with Gasteiger partial charge in [0.05, 0.1) is 12.5 Å². The van der Waals surface area contributed by atoms with Crippen molar-refractivity contribution in [3.8, 4) is 5.75 Å². The van der Waals surface area contributed by atoms with Crippen LogP contribution in [0.4, 0.5) is 5.69 Å². The number of carbonyl (C=O) groups is 1. The Labute approximate surface area is 119 Å². The first-order chi connectivity index (χ1) is 9.70. The zero-order valence-corrected chi connectivity index (χ0v) is 11.8. The molecule has 0 fully saturated rings. The Kier molecular flexibility index (Phi) is 4.77. The van der Waals surface area contributed by atoms with Gasteiger partial charge in [-0.2, -0.15) is 0 Å². The van der Waals surface area contributed by atoms with Crippen LogP contribution < -0.4 is 10.1 Å².